The quantitative estimate of drug-likeness (QED) is 0.176. The molecule has 2 aromatic carbocycles. The lowest BCUT2D eigenvalue weighted by Crippen LogP contribution is -2.56. The first-order chi connectivity index (χ1) is 21.8. The van der Waals surface area contributed by atoms with Gasteiger partial charge in [-0.3, -0.25) is 9.69 Å². The van der Waals surface area contributed by atoms with E-state index in [1.807, 2.05) is 41.3 Å². The number of nitrogens with zero attached hydrogens (tertiary/aromatic N) is 6. The molecule has 45 heavy (non-hydrogen) atoms. The second-order valence-corrected chi connectivity index (χ2v) is 12.5. The Labute approximate surface area is 275 Å². The summed E-state index contributed by atoms with van der Waals surface area (Å²) in [6.45, 7) is 4.43. The number of carbonyl (C=O) groups is 2. The van der Waals surface area contributed by atoms with Crippen LogP contribution in [0.5, 0.6) is 0 Å². The Morgan fingerprint density at radius 1 is 1.02 bits per heavy atom. The third-order valence-corrected chi connectivity index (χ3v) is 9.02. The Balaban J connectivity index is 1.22. The van der Waals surface area contributed by atoms with E-state index in [4.69, 9.17) is 28.0 Å². The highest BCUT2D eigenvalue weighted by Gasteiger charge is 2.34. The lowest BCUT2D eigenvalue weighted by molar-refractivity contribution is 0.0812. The van der Waals surface area contributed by atoms with Crippen LogP contribution in [-0.4, -0.2) is 96.8 Å². The highest BCUT2D eigenvalue weighted by atomic mass is 35.5. The third kappa shape index (κ3) is 8.34. The van der Waals surface area contributed by atoms with Crippen LogP contribution in [0.2, 0.25) is 10.0 Å². The van der Waals surface area contributed by atoms with Crippen molar-refractivity contribution in [2.24, 2.45) is 5.16 Å². The fourth-order valence-corrected chi connectivity index (χ4v) is 6.85. The predicted molar refractivity (Wildman–Crippen MR) is 179 cm³/mol. The molecule has 3 amide bonds. The monoisotopic (exact) mass is 650 g/mol. The van der Waals surface area contributed by atoms with Crippen LogP contribution < -0.4 is 4.90 Å². The van der Waals surface area contributed by atoms with Gasteiger partial charge in [-0.2, -0.15) is 0 Å². The number of hydrogen-bond acceptors (Lipinski definition) is 6. The Morgan fingerprint density at radius 3 is 2.40 bits per heavy atom. The van der Waals surface area contributed by atoms with Crippen LogP contribution in [0, 0.1) is 0 Å². The highest BCUT2D eigenvalue weighted by molar-refractivity contribution is 6.35. The number of likely N-dealkylation sites (tertiary alicyclic amines) is 1. The number of anilines is 1. The molecule has 2 saturated heterocycles. The van der Waals surface area contributed by atoms with E-state index in [9.17, 15) is 9.59 Å². The van der Waals surface area contributed by atoms with E-state index in [2.05, 4.69) is 27.2 Å². The molecule has 5 rings (SSSR count). The second kappa shape index (κ2) is 15.6. The fraction of sp³-hybridized carbons (Fsp3) is 0.412. The smallest absolute Gasteiger partial charge is 0.325 e. The molecule has 3 aromatic rings. The van der Waals surface area contributed by atoms with Crippen LogP contribution in [0.1, 0.15) is 47.5 Å². The maximum Gasteiger partial charge on any atom is 0.325 e. The second-order valence-electron chi connectivity index (χ2n) is 11.6. The number of amides is 3. The first kappa shape index (κ1) is 32.7. The molecule has 1 atom stereocenters. The summed E-state index contributed by atoms with van der Waals surface area (Å²) in [6, 6.07) is 21.0. The summed E-state index contributed by atoms with van der Waals surface area (Å²) >= 11 is 12.3. The minimum atomic E-state index is -0.203. The van der Waals surface area contributed by atoms with Crippen LogP contribution in [0.3, 0.4) is 0 Å². The molecular formula is C34H40Cl2N6O3. The standard InChI is InChI=1S/C34H40Cl2N6O3/c1-39(33(43)26-21-27(35)23-28(36)22-26)24-31(38-45-2)30(25-9-4-3-5-10-25)14-20-40-18-12-29(13-19-40)41-16-8-17-42(34(41)44)32-11-6-7-15-37-32/h3-7,9-11,15,21-23,29-30H,8,12-14,16-20,24H2,1-2H3/b38-31+. The number of halogens is 2. The Kier molecular flexibility index (Phi) is 11.3. The van der Waals surface area contributed by atoms with Crippen LogP contribution in [0.4, 0.5) is 10.6 Å². The van der Waals surface area contributed by atoms with Crippen molar-refractivity contribution in [3.8, 4) is 0 Å². The van der Waals surface area contributed by atoms with Gasteiger partial charge in [-0.05, 0) is 68.1 Å². The molecule has 238 valence electrons. The maximum atomic E-state index is 13.4. The van der Waals surface area contributed by atoms with Crippen LogP contribution >= 0.6 is 23.2 Å². The lowest BCUT2D eigenvalue weighted by Gasteiger charge is -2.43. The first-order valence-electron chi connectivity index (χ1n) is 15.4. The molecule has 0 aliphatic carbocycles. The average molecular weight is 652 g/mol. The molecule has 2 fully saturated rings. The molecule has 0 spiro atoms. The molecule has 3 heterocycles. The van der Waals surface area contributed by atoms with E-state index in [0.29, 0.717) is 28.0 Å². The van der Waals surface area contributed by atoms with Gasteiger partial charge >= 0.3 is 6.03 Å². The Hall–Kier alpha value is -3.66. The van der Waals surface area contributed by atoms with Gasteiger partial charge in [0.05, 0.1) is 12.3 Å². The molecule has 0 radical (unpaired) electrons. The fourth-order valence-electron chi connectivity index (χ4n) is 6.32. The number of aromatic nitrogens is 1. The van der Waals surface area contributed by atoms with E-state index in [0.717, 1.165) is 63.1 Å². The van der Waals surface area contributed by atoms with Crippen molar-refractivity contribution in [2.45, 2.75) is 37.6 Å². The van der Waals surface area contributed by atoms with Crippen molar-refractivity contribution in [3.63, 3.8) is 0 Å². The summed E-state index contributed by atoms with van der Waals surface area (Å²) in [5, 5.41) is 5.24. The number of rotatable bonds is 11. The topological polar surface area (TPSA) is 81.6 Å². The highest BCUT2D eigenvalue weighted by Crippen LogP contribution is 2.27. The lowest BCUT2D eigenvalue weighted by atomic mass is 9.89. The van der Waals surface area contributed by atoms with E-state index in [1.54, 1.807) is 41.2 Å². The van der Waals surface area contributed by atoms with E-state index in [1.165, 1.54) is 7.11 Å². The van der Waals surface area contributed by atoms with Crippen LogP contribution in [0.25, 0.3) is 0 Å². The largest absolute Gasteiger partial charge is 0.399 e. The minimum Gasteiger partial charge on any atom is -0.399 e. The van der Waals surface area contributed by atoms with Gasteiger partial charge in [0.2, 0.25) is 0 Å². The van der Waals surface area contributed by atoms with Crippen molar-refractivity contribution in [3.05, 3.63) is 94.1 Å². The summed E-state index contributed by atoms with van der Waals surface area (Å²) in [5.41, 5.74) is 2.29. The average Bonchev–Trinajstić information content (AvgIpc) is 3.05. The zero-order valence-electron chi connectivity index (χ0n) is 25.8. The summed E-state index contributed by atoms with van der Waals surface area (Å²) in [7, 11) is 3.27. The number of pyridine rings is 1. The molecule has 9 nitrogen and oxygen atoms in total. The molecule has 0 bridgehead atoms. The normalized spacial score (nSPS) is 17.3. The van der Waals surface area contributed by atoms with Crippen molar-refractivity contribution >= 4 is 46.7 Å². The molecule has 0 N–H and O–H groups in total. The Morgan fingerprint density at radius 2 is 1.73 bits per heavy atom. The number of oxime groups is 1. The van der Waals surface area contributed by atoms with Gasteiger partial charge in [-0.15, -0.1) is 0 Å². The molecule has 11 heteroatoms. The Bertz CT molecular complexity index is 1450. The summed E-state index contributed by atoms with van der Waals surface area (Å²) < 4.78 is 0. The number of benzene rings is 2. The van der Waals surface area contributed by atoms with Gasteiger partial charge in [0.15, 0.2) is 0 Å². The van der Waals surface area contributed by atoms with Crippen molar-refractivity contribution in [1.82, 2.24) is 19.7 Å². The van der Waals surface area contributed by atoms with Crippen molar-refractivity contribution in [2.75, 3.05) is 58.3 Å². The first-order valence-corrected chi connectivity index (χ1v) is 16.2. The maximum absolute atomic E-state index is 13.4. The van der Waals surface area contributed by atoms with E-state index in [-0.39, 0.29) is 30.4 Å². The molecule has 1 aromatic heterocycles. The van der Waals surface area contributed by atoms with Crippen LogP contribution in [-0.2, 0) is 4.84 Å². The SMILES string of the molecule is CO/N=C(\CN(C)C(=O)c1cc(Cl)cc(Cl)c1)C(CCN1CCC(N2CCCN(c3ccccn3)C2=O)CC1)c1ccccc1. The van der Waals surface area contributed by atoms with Crippen molar-refractivity contribution < 1.29 is 14.4 Å². The van der Waals surface area contributed by atoms with E-state index >= 15 is 0 Å². The molecule has 2 aliphatic heterocycles. The van der Waals surface area contributed by atoms with Crippen LogP contribution in [0.15, 0.2) is 78.1 Å². The van der Waals surface area contributed by atoms with Gasteiger partial charge in [0.25, 0.3) is 5.91 Å². The summed E-state index contributed by atoms with van der Waals surface area (Å²) in [5.74, 6) is 0.456. The zero-order chi connectivity index (χ0) is 31.8. The molecule has 2 aliphatic rings. The predicted octanol–water partition coefficient (Wildman–Crippen LogP) is 6.43. The summed E-state index contributed by atoms with van der Waals surface area (Å²) in [6.07, 6.45) is 5.32. The van der Waals surface area contributed by atoms with Crippen molar-refractivity contribution in [1.29, 1.82) is 0 Å². The summed E-state index contributed by atoms with van der Waals surface area (Å²) in [4.78, 5) is 44.4. The minimum absolute atomic E-state index is 0.0571. The van der Waals surface area contributed by atoms with Gasteiger partial charge in [0, 0.05) is 67.0 Å². The number of urea groups is 1. The van der Waals surface area contributed by atoms with E-state index < -0.39 is 0 Å². The molecule has 1 unspecified atom stereocenters. The third-order valence-electron chi connectivity index (χ3n) is 8.58. The van der Waals surface area contributed by atoms with Gasteiger partial charge < -0.3 is 19.5 Å². The molecule has 0 saturated carbocycles. The zero-order valence-corrected chi connectivity index (χ0v) is 27.3. The number of carbonyl (C=O) groups excluding carboxylic acids is 2. The number of piperidine rings is 1. The van der Waals surface area contributed by atoms with Gasteiger partial charge in [-0.25, -0.2) is 9.78 Å². The number of hydrogen-bond donors (Lipinski definition) is 0. The van der Waals surface area contributed by atoms with Gasteiger partial charge in [-0.1, -0.05) is 64.8 Å². The molecular weight excluding hydrogens is 611 g/mol. The van der Waals surface area contributed by atoms with Gasteiger partial charge in [0.1, 0.15) is 12.9 Å².